The number of sulfonamides is 1. The first kappa shape index (κ1) is 15.8. The first-order valence-electron chi connectivity index (χ1n) is 6.89. The van der Waals surface area contributed by atoms with Crippen molar-refractivity contribution >= 4 is 21.6 Å². The third-order valence-corrected chi connectivity index (χ3v) is 5.10. The Labute approximate surface area is 125 Å². The highest BCUT2D eigenvalue weighted by atomic mass is 32.2. The maximum Gasteiger partial charge on any atom is 0.251 e. The van der Waals surface area contributed by atoms with E-state index in [9.17, 15) is 13.2 Å². The van der Waals surface area contributed by atoms with Gasteiger partial charge in [-0.25, -0.2) is 12.7 Å². The van der Waals surface area contributed by atoms with Gasteiger partial charge in [-0.2, -0.15) is 0 Å². The van der Waals surface area contributed by atoms with Gasteiger partial charge in [0.1, 0.15) is 0 Å². The standard InChI is InChI=1S/C14H21N3O3S/c1-10-3-4-11(9-13(10)15)14(18)16-12-5-7-17(8-6-12)21(2,19)20/h3-4,9,12H,5-8,15H2,1-2H3,(H,16,18). The van der Waals surface area contributed by atoms with E-state index in [4.69, 9.17) is 5.73 Å². The van der Waals surface area contributed by atoms with Crippen molar-refractivity contribution in [2.24, 2.45) is 0 Å². The van der Waals surface area contributed by atoms with Crippen LogP contribution in [0.25, 0.3) is 0 Å². The number of rotatable bonds is 3. The molecule has 116 valence electrons. The van der Waals surface area contributed by atoms with E-state index in [0.717, 1.165) is 5.56 Å². The second-order valence-corrected chi connectivity index (χ2v) is 7.46. The van der Waals surface area contributed by atoms with E-state index in [0.29, 0.717) is 37.2 Å². The zero-order chi connectivity index (χ0) is 15.6. The minimum Gasteiger partial charge on any atom is -0.398 e. The average molecular weight is 311 g/mol. The number of benzene rings is 1. The molecular formula is C14H21N3O3S. The molecule has 0 aromatic heterocycles. The quantitative estimate of drug-likeness (QED) is 0.805. The molecule has 0 saturated carbocycles. The Morgan fingerprint density at radius 1 is 1.33 bits per heavy atom. The smallest absolute Gasteiger partial charge is 0.251 e. The predicted molar refractivity (Wildman–Crippen MR) is 82.5 cm³/mol. The molecule has 0 aliphatic carbocycles. The first-order valence-corrected chi connectivity index (χ1v) is 8.74. The van der Waals surface area contributed by atoms with Crippen molar-refractivity contribution in [1.82, 2.24) is 9.62 Å². The molecule has 0 spiro atoms. The van der Waals surface area contributed by atoms with Gasteiger partial charge in [-0.05, 0) is 37.5 Å². The monoisotopic (exact) mass is 311 g/mol. The molecule has 1 aliphatic heterocycles. The van der Waals surface area contributed by atoms with E-state index < -0.39 is 10.0 Å². The van der Waals surface area contributed by atoms with Gasteiger partial charge in [0.2, 0.25) is 10.0 Å². The summed E-state index contributed by atoms with van der Waals surface area (Å²) >= 11 is 0. The van der Waals surface area contributed by atoms with Crippen LogP contribution in [-0.4, -0.2) is 44.0 Å². The van der Waals surface area contributed by atoms with Crippen LogP contribution in [0.3, 0.4) is 0 Å². The number of aryl methyl sites for hydroxylation is 1. The van der Waals surface area contributed by atoms with Gasteiger partial charge in [0.15, 0.2) is 0 Å². The molecule has 1 aromatic rings. The van der Waals surface area contributed by atoms with Crippen molar-refractivity contribution in [2.75, 3.05) is 25.1 Å². The largest absolute Gasteiger partial charge is 0.398 e. The van der Waals surface area contributed by atoms with Crippen molar-refractivity contribution in [3.05, 3.63) is 29.3 Å². The minimum atomic E-state index is -3.14. The SMILES string of the molecule is Cc1ccc(C(=O)NC2CCN(S(C)(=O)=O)CC2)cc1N. The number of carbonyl (C=O) groups excluding carboxylic acids is 1. The van der Waals surface area contributed by atoms with Crippen molar-refractivity contribution in [3.8, 4) is 0 Å². The molecule has 0 atom stereocenters. The summed E-state index contributed by atoms with van der Waals surface area (Å²) in [6.45, 7) is 2.78. The molecule has 2 rings (SSSR count). The number of nitrogens with two attached hydrogens (primary N) is 1. The third-order valence-electron chi connectivity index (χ3n) is 3.80. The van der Waals surface area contributed by atoms with E-state index >= 15 is 0 Å². The number of nitrogens with one attached hydrogen (secondary N) is 1. The topological polar surface area (TPSA) is 92.5 Å². The zero-order valence-electron chi connectivity index (χ0n) is 12.3. The van der Waals surface area contributed by atoms with Crippen molar-refractivity contribution in [2.45, 2.75) is 25.8 Å². The Bertz CT molecular complexity index is 635. The van der Waals surface area contributed by atoms with Crippen LogP contribution in [0.4, 0.5) is 5.69 Å². The highest BCUT2D eigenvalue weighted by Gasteiger charge is 2.25. The van der Waals surface area contributed by atoms with Gasteiger partial charge < -0.3 is 11.1 Å². The molecule has 1 aromatic carbocycles. The van der Waals surface area contributed by atoms with E-state index in [1.165, 1.54) is 10.6 Å². The highest BCUT2D eigenvalue weighted by molar-refractivity contribution is 7.88. The molecule has 1 fully saturated rings. The second-order valence-electron chi connectivity index (χ2n) is 5.48. The van der Waals surface area contributed by atoms with E-state index in [1.807, 2.05) is 13.0 Å². The zero-order valence-corrected chi connectivity index (χ0v) is 13.1. The predicted octanol–water partition coefficient (Wildman–Crippen LogP) is 0.731. The lowest BCUT2D eigenvalue weighted by Gasteiger charge is -2.30. The average Bonchev–Trinajstić information content (AvgIpc) is 2.41. The lowest BCUT2D eigenvalue weighted by molar-refractivity contribution is 0.0924. The molecule has 21 heavy (non-hydrogen) atoms. The Morgan fingerprint density at radius 2 is 1.95 bits per heavy atom. The fraction of sp³-hybridized carbons (Fsp3) is 0.500. The second kappa shape index (κ2) is 6.03. The summed E-state index contributed by atoms with van der Waals surface area (Å²) in [5.74, 6) is -0.167. The van der Waals surface area contributed by atoms with Crippen LogP contribution >= 0.6 is 0 Å². The molecule has 1 amide bonds. The van der Waals surface area contributed by atoms with Crippen LogP contribution < -0.4 is 11.1 Å². The summed E-state index contributed by atoms with van der Waals surface area (Å²) in [6, 6.07) is 5.22. The number of anilines is 1. The number of nitrogen functional groups attached to an aromatic ring is 1. The van der Waals surface area contributed by atoms with Gasteiger partial charge in [0.25, 0.3) is 5.91 Å². The van der Waals surface area contributed by atoms with Crippen LogP contribution in [0.5, 0.6) is 0 Å². The maximum atomic E-state index is 12.2. The summed E-state index contributed by atoms with van der Waals surface area (Å²) in [4.78, 5) is 12.2. The Morgan fingerprint density at radius 3 is 2.48 bits per heavy atom. The normalized spacial score (nSPS) is 17.6. The van der Waals surface area contributed by atoms with E-state index in [2.05, 4.69) is 5.32 Å². The summed E-state index contributed by atoms with van der Waals surface area (Å²) in [5.41, 5.74) is 7.87. The van der Waals surface area contributed by atoms with Crippen LogP contribution in [-0.2, 0) is 10.0 Å². The number of amides is 1. The molecule has 3 N–H and O–H groups in total. The number of hydrogen-bond acceptors (Lipinski definition) is 4. The van der Waals surface area contributed by atoms with Crippen molar-refractivity contribution in [3.63, 3.8) is 0 Å². The third kappa shape index (κ3) is 3.95. The fourth-order valence-corrected chi connectivity index (χ4v) is 3.26. The molecule has 0 bridgehead atoms. The van der Waals surface area contributed by atoms with Gasteiger partial charge in [-0.1, -0.05) is 6.07 Å². The van der Waals surface area contributed by atoms with Gasteiger partial charge in [0.05, 0.1) is 6.26 Å². The van der Waals surface area contributed by atoms with Gasteiger partial charge >= 0.3 is 0 Å². The van der Waals surface area contributed by atoms with Gasteiger partial charge in [0, 0.05) is 30.4 Å². The molecule has 0 unspecified atom stereocenters. The number of piperidine rings is 1. The minimum absolute atomic E-state index is 0.00183. The van der Waals surface area contributed by atoms with Crippen molar-refractivity contribution in [1.29, 1.82) is 0 Å². The van der Waals surface area contributed by atoms with Crippen LogP contribution in [0.2, 0.25) is 0 Å². The molecule has 1 heterocycles. The van der Waals surface area contributed by atoms with E-state index in [-0.39, 0.29) is 11.9 Å². The van der Waals surface area contributed by atoms with Crippen molar-refractivity contribution < 1.29 is 13.2 Å². The number of carbonyl (C=O) groups is 1. The summed E-state index contributed by atoms with van der Waals surface area (Å²) in [5, 5.41) is 2.94. The molecule has 1 saturated heterocycles. The van der Waals surface area contributed by atoms with Crippen LogP contribution in [0, 0.1) is 6.92 Å². The molecule has 0 radical (unpaired) electrons. The first-order chi connectivity index (χ1) is 9.77. The van der Waals surface area contributed by atoms with E-state index in [1.54, 1.807) is 12.1 Å². The molecular weight excluding hydrogens is 290 g/mol. The fourth-order valence-electron chi connectivity index (χ4n) is 2.38. The van der Waals surface area contributed by atoms with Gasteiger partial charge in [-0.3, -0.25) is 4.79 Å². The van der Waals surface area contributed by atoms with Gasteiger partial charge in [-0.15, -0.1) is 0 Å². The van der Waals surface area contributed by atoms with Crippen LogP contribution in [0.15, 0.2) is 18.2 Å². The number of hydrogen-bond donors (Lipinski definition) is 2. The Hall–Kier alpha value is -1.60. The Kier molecular flexibility index (Phi) is 4.53. The summed E-state index contributed by atoms with van der Waals surface area (Å²) in [7, 11) is -3.14. The Balaban J connectivity index is 1.94. The maximum absolute atomic E-state index is 12.2. The summed E-state index contributed by atoms with van der Waals surface area (Å²) in [6.07, 6.45) is 2.46. The number of nitrogens with zero attached hydrogens (tertiary/aromatic N) is 1. The van der Waals surface area contributed by atoms with Crippen LogP contribution in [0.1, 0.15) is 28.8 Å². The lowest BCUT2D eigenvalue weighted by atomic mass is 10.1. The molecule has 1 aliphatic rings. The lowest BCUT2D eigenvalue weighted by Crippen LogP contribution is -2.46. The summed E-state index contributed by atoms with van der Waals surface area (Å²) < 4.78 is 24.3. The molecule has 6 nitrogen and oxygen atoms in total. The highest BCUT2D eigenvalue weighted by Crippen LogP contribution is 2.16. The molecule has 7 heteroatoms.